The SMILES string of the molecule is Cc1ccc(S(=O)(=O)Oc2ccc(/C=C/B3OC(C)(C)C(C)(C)O3)cc2)cc1. The third kappa shape index (κ3) is 4.48. The van der Waals surface area contributed by atoms with Gasteiger partial charge in [0.05, 0.1) is 11.2 Å². The van der Waals surface area contributed by atoms with Crippen LogP contribution in [0.1, 0.15) is 38.8 Å². The molecule has 0 aromatic heterocycles. The maximum atomic E-state index is 12.4. The van der Waals surface area contributed by atoms with Crippen molar-refractivity contribution < 1.29 is 21.9 Å². The van der Waals surface area contributed by atoms with E-state index in [1.54, 1.807) is 36.4 Å². The van der Waals surface area contributed by atoms with Crippen molar-refractivity contribution >= 4 is 23.3 Å². The summed E-state index contributed by atoms with van der Waals surface area (Å²) in [6, 6.07) is 13.3. The van der Waals surface area contributed by atoms with Gasteiger partial charge in [-0.2, -0.15) is 8.42 Å². The molecule has 2 aromatic carbocycles. The number of rotatable bonds is 5. The minimum atomic E-state index is -3.85. The lowest BCUT2D eigenvalue weighted by Gasteiger charge is -2.32. The molecule has 1 fully saturated rings. The Labute approximate surface area is 167 Å². The minimum absolute atomic E-state index is 0.128. The highest BCUT2D eigenvalue weighted by Gasteiger charge is 2.49. The predicted octanol–water partition coefficient (Wildman–Crippen LogP) is 4.41. The summed E-state index contributed by atoms with van der Waals surface area (Å²) >= 11 is 0. The van der Waals surface area contributed by atoms with Gasteiger partial charge in [0, 0.05) is 0 Å². The Morgan fingerprint density at radius 2 is 1.43 bits per heavy atom. The molecule has 0 saturated carbocycles. The molecule has 7 heteroatoms. The molecule has 1 aliphatic heterocycles. The molecule has 0 bridgehead atoms. The molecule has 0 spiro atoms. The summed E-state index contributed by atoms with van der Waals surface area (Å²) in [6.07, 6.45) is 1.88. The van der Waals surface area contributed by atoms with Gasteiger partial charge in [0.25, 0.3) is 0 Å². The predicted molar refractivity (Wildman–Crippen MR) is 111 cm³/mol. The van der Waals surface area contributed by atoms with Crippen LogP contribution in [-0.2, 0) is 19.4 Å². The van der Waals surface area contributed by atoms with Crippen LogP contribution in [0.15, 0.2) is 59.4 Å². The quantitative estimate of drug-likeness (QED) is 0.550. The van der Waals surface area contributed by atoms with E-state index in [1.165, 1.54) is 12.1 Å². The monoisotopic (exact) mass is 400 g/mol. The van der Waals surface area contributed by atoms with Gasteiger partial charge in [0.15, 0.2) is 0 Å². The molecule has 0 amide bonds. The molecular formula is C21H25BO5S. The number of hydrogen-bond donors (Lipinski definition) is 0. The minimum Gasteiger partial charge on any atom is -0.400 e. The van der Waals surface area contributed by atoms with E-state index in [1.807, 2.05) is 46.7 Å². The molecule has 0 unspecified atom stereocenters. The van der Waals surface area contributed by atoms with Crippen molar-refractivity contribution in [3.8, 4) is 5.75 Å². The summed E-state index contributed by atoms with van der Waals surface area (Å²) in [5.74, 6) is 2.10. The molecule has 0 atom stereocenters. The summed E-state index contributed by atoms with van der Waals surface area (Å²) < 4.78 is 41.8. The average molecular weight is 400 g/mol. The molecule has 0 N–H and O–H groups in total. The Morgan fingerprint density at radius 1 is 0.893 bits per heavy atom. The maximum Gasteiger partial charge on any atom is 0.487 e. The second-order valence-electron chi connectivity index (χ2n) is 7.90. The maximum absolute atomic E-state index is 12.4. The first kappa shape index (κ1) is 20.6. The summed E-state index contributed by atoms with van der Waals surface area (Å²) in [5.41, 5.74) is 1.10. The lowest BCUT2D eigenvalue weighted by molar-refractivity contribution is 0.00578. The Kier molecular flexibility index (Phi) is 5.45. The summed E-state index contributed by atoms with van der Waals surface area (Å²) in [6.45, 7) is 9.90. The van der Waals surface area contributed by atoms with Crippen molar-refractivity contribution in [3.63, 3.8) is 0 Å². The van der Waals surface area contributed by atoms with E-state index in [0.29, 0.717) is 0 Å². The second-order valence-corrected chi connectivity index (χ2v) is 9.45. The molecule has 3 rings (SSSR count). The Balaban J connectivity index is 1.66. The third-order valence-electron chi connectivity index (χ3n) is 5.11. The molecule has 0 radical (unpaired) electrons. The van der Waals surface area contributed by atoms with E-state index in [9.17, 15) is 8.42 Å². The van der Waals surface area contributed by atoms with Gasteiger partial charge in [-0.1, -0.05) is 41.9 Å². The van der Waals surface area contributed by atoms with Crippen LogP contribution in [0.25, 0.3) is 6.08 Å². The van der Waals surface area contributed by atoms with Crippen LogP contribution in [0, 0.1) is 6.92 Å². The van der Waals surface area contributed by atoms with Crippen molar-refractivity contribution in [2.24, 2.45) is 0 Å². The van der Waals surface area contributed by atoms with Gasteiger partial charge in [-0.3, -0.25) is 0 Å². The van der Waals surface area contributed by atoms with E-state index >= 15 is 0 Å². The van der Waals surface area contributed by atoms with Gasteiger partial charge in [0.2, 0.25) is 0 Å². The van der Waals surface area contributed by atoms with Crippen LogP contribution >= 0.6 is 0 Å². The highest BCUT2D eigenvalue weighted by atomic mass is 32.2. The Hall–Kier alpha value is -2.09. The zero-order valence-electron chi connectivity index (χ0n) is 16.8. The molecule has 1 saturated heterocycles. The van der Waals surface area contributed by atoms with Crippen molar-refractivity contribution in [1.29, 1.82) is 0 Å². The second kappa shape index (κ2) is 7.39. The molecule has 0 aliphatic carbocycles. The molecule has 28 heavy (non-hydrogen) atoms. The molecule has 1 heterocycles. The fourth-order valence-electron chi connectivity index (χ4n) is 2.67. The molecular weight excluding hydrogens is 375 g/mol. The van der Waals surface area contributed by atoms with Gasteiger partial charge in [0.1, 0.15) is 10.6 Å². The zero-order valence-corrected chi connectivity index (χ0v) is 17.6. The van der Waals surface area contributed by atoms with Crippen molar-refractivity contribution in [2.45, 2.75) is 50.7 Å². The van der Waals surface area contributed by atoms with Crippen LogP contribution in [0.4, 0.5) is 0 Å². The Morgan fingerprint density at radius 3 is 1.96 bits per heavy atom. The average Bonchev–Trinajstić information content (AvgIpc) is 2.81. The van der Waals surface area contributed by atoms with Crippen LogP contribution < -0.4 is 4.18 Å². The fourth-order valence-corrected chi connectivity index (χ4v) is 3.60. The summed E-state index contributed by atoms with van der Waals surface area (Å²) in [5, 5.41) is 0. The van der Waals surface area contributed by atoms with Crippen LogP contribution in [0.2, 0.25) is 0 Å². The topological polar surface area (TPSA) is 61.8 Å². The normalized spacial score (nSPS) is 18.5. The van der Waals surface area contributed by atoms with Crippen LogP contribution in [0.3, 0.4) is 0 Å². The van der Waals surface area contributed by atoms with E-state index in [0.717, 1.165) is 11.1 Å². The van der Waals surface area contributed by atoms with Gasteiger partial charge >= 0.3 is 17.2 Å². The van der Waals surface area contributed by atoms with Crippen molar-refractivity contribution in [1.82, 2.24) is 0 Å². The van der Waals surface area contributed by atoms with Crippen LogP contribution in [0.5, 0.6) is 5.75 Å². The highest BCUT2D eigenvalue weighted by molar-refractivity contribution is 7.87. The number of benzene rings is 2. The largest absolute Gasteiger partial charge is 0.487 e. The molecule has 5 nitrogen and oxygen atoms in total. The standard InChI is InChI=1S/C21H25BO5S/c1-16-6-12-19(13-7-16)28(23,24)25-18-10-8-17(9-11-18)14-15-22-26-20(2,3)21(4,5)27-22/h6-15H,1-5H3/b15-14+. The van der Waals surface area contributed by atoms with Crippen LogP contribution in [-0.4, -0.2) is 26.7 Å². The summed E-state index contributed by atoms with van der Waals surface area (Å²) in [7, 11) is -4.28. The fraction of sp³-hybridized carbons (Fsp3) is 0.333. The van der Waals surface area contributed by atoms with Crippen molar-refractivity contribution in [3.05, 3.63) is 65.6 Å². The van der Waals surface area contributed by atoms with E-state index < -0.39 is 17.2 Å². The first-order valence-electron chi connectivity index (χ1n) is 9.14. The smallest absolute Gasteiger partial charge is 0.400 e. The number of aryl methyl sites for hydroxylation is 1. The van der Waals surface area contributed by atoms with Gasteiger partial charge in [-0.25, -0.2) is 0 Å². The summed E-state index contributed by atoms with van der Waals surface area (Å²) in [4.78, 5) is 0.128. The third-order valence-corrected chi connectivity index (χ3v) is 6.37. The first-order valence-corrected chi connectivity index (χ1v) is 10.5. The highest BCUT2D eigenvalue weighted by Crippen LogP contribution is 2.37. The van der Waals surface area contributed by atoms with Crippen molar-refractivity contribution in [2.75, 3.05) is 0 Å². The lowest BCUT2D eigenvalue weighted by Crippen LogP contribution is -2.41. The molecule has 148 valence electrons. The van der Waals surface area contributed by atoms with Gasteiger partial charge in [-0.05, 0) is 64.4 Å². The zero-order chi connectivity index (χ0) is 20.6. The Bertz CT molecular complexity index is 945. The first-order chi connectivity index (χ1) is 13.0. The molecule has 1 aliphatic rings. The van der Waals surface area contributed by atoms with E-state index in [4.69, 9.17) is 13.5 Å². The number of hydrogen-bond acceptors (Lipinski definition) is 5. The van der Waals surface area contributed by atoms with Gasteiger partial charge in [-0.15, -0.1) is 0 Å². The molecule has 2 aromatic rings. The van der Waals surface area contributed by atoms with E-state index in [2.05, 4.69) is 0 Å². The van der Waals surface area contributed by atoms with E-state index in [-0.39, 0.29) is 21.8 Å². The van der Waals surface area contributed by atoms with Gasteiger partial charge < -0.3 is 13.5 Å². The lowest BCUT2D eigenvalue weighted by atomic mass is 9.89.